The number of benzene rings is 1. The zero-order valence-corrected chi connectivity index (χ0v) is 19.2. The summed E-state index contributed by atoms with van der Waals surface area (Å²) in [5, 5.41) is 0. The molecule has 2 heteroatoms. The van der Waals surface area contributed by atoms with Gasteiger partial charge < -0.3 is 9.80 Å². The summed E-state index contributed by atoms with van der Waals surface area (Å²) < 4.78 is 0. The van der Waals surface area contributed by atoms with E-state index < -0.39 is 0 Å². The number of nitrogens with zero attached hydrogens (tertiary/aromatic N) is 2. The summed E-state index contributed by atoms with van der Waals surface area (Å²) >= 11 is 0. The fourth-order valence-corrected chi connectivity index (χ4v) is 3.90. The smallest absolute Gasteiger partial charge is 0.0300 e. The fourth-order valence-electron chi connectivity index (χ4n) is 3.90. The Morgan fingerprint density at radius 2 is 1.89 bits per heavy atom. The normalized spacial score (nSPS) is 16.3. The van der Waals surface area contributed by atoms with Gasteiger partial charge in [0, 0.05) is 19.6 Å². The van der Waals surface area contributed by atoms with Crippen molar-refractivity contribution in [2.24, 2.45) is 11.8 Å². The molecule has 0 saturated heterocycles. The molecule has 2 rings (SSSR count). The molecule has 1 aliphatic carbocycles. The van der Waals surface area contributed by atoms with Gasteiger partial charge in [-0.15, -0.1) is 0 Å². The van der Waals surface area contributed by atoms with E-state index in [1.165, 1.54) is 56.1 Å². The van der Waals surface area contributed by atoms with Crippen LogP contribution in [0.25, 0.3) is 0 Å². The molecule has 28 heavy (non-hydrogen) atoms. The van der Waals surface area contributed by atoms with E-state index in [2.05, 4.69) is 75.0 Å². The van der Waals surface area contributed by atoms with Crippen molar-refractivity contribution in [3.63, 3.8) is 0 Å². The number of hydrogen-bond donors (Lipinski definition) is 0. The van der Waals surface area contributed by atoms with E-state index in [-0.39, 0.29) is 0 Å². The van der Waals surface area contributed by atoms with E-state index in [0.717, 1.165) is 38.0 Å². The lowest BCUT2D eigenvalue weighted by molar-refractivity contribution is 0.275. The molecule has 1 fully saturated rings. The molecular formula is C26H44N2. The first-order valence-electron chi connectivity index (χ1n) is 11.7. The third-order valence-corrected chi connectivity index (χ3v) is 6.63. The van der Waals surface area contributed by atoms with Gasteiger partial charge in [-0.25, -0.2) is 0 Å². The molecule has 0 spiro atoms. The van der Waals surface area contributed by atoms with Crippen LogP contribution in [0.4, 0.5) is 0 Å². The zero-order valence-electron chi connectivity index (χ0n) is 19.2. The summed E-state index contributed by atoms with van der Waals surface area (Å²) in [6, 6.07) is 9.30. The predicted molar refractivity (Wildman–Crippen MR) is 124 cm³/mol. The highest BCUT2D eigenvalue weighted by Gasteiger charge is 2.19. The van der Waals surface area contributed by atoms with Gasteiger partial charge in [0.2, 0.25) is 0 Å². The van der Waals surface area contributed by atoms with Crippen molar-refractivity contribution in [3.8, 4) is 0 Å². The lowest BCUT2D eigenvalue weighted by atomic mass is 9.80. The van der Waals surface area contributed by atoms with E-state index >= 15 is 0 Å². The number of allylic oxidation sites excluding steroid dienone is 1. The van der Waals surface area contributed by atoms with Gasteiger partial charge in [-0.3, -0.25) is 0 Å². The Hall–Kier alpha value is -1.28. The highest BCUT2D eigenvalue weighted by Crippen LogP contribution is 2.32. The second kappa shape index (κ2) is 12.3. The molecule has 0 heterocycles. The van der Waals surface area contributed by atoms with E-state index in [0.29, 0.717) is 0 Å². The Morgan fingerprint density at radius 3 is 2.54 bits per heavy atom. The predicted octanol–water partition coefficient (Wildman–Crippen LogP) is 6.17. The van der Waals surface area contributed by atoms with Crippen LogP contribution in [0.5, 0.6) is 0 Å². The molecule has 1 aliphatic rings. The molecule has 2 nitrogen and oxygen atoms in total. The lowest BCUT2D eigenvalue weighted by Gasteiger charge is -2.30. The van der Waals surface area contributed by atoms with Crippen molar-refractivity contribution in [1.82, 2.24) is 9.80 Å². The molecule has 0 aromatic heterocycles. The molecule has 158 valence electrons. The third kappa shape index (κ3) is 7.99. The van der Waals surface area contributed by atoms with Crippen LogP contribution in [0.15, 0.2) is 36.0 Å². The molecular weight excluding hydrogens is 340 g/mol. The molecule has 1 saturated carbocycles. The minimum absolute atomic E-state index is 0.779. The summed E-state index contributed by atoms with van der Waals surface area (Å²) in [4.78, 5) is 5.00. The molecule has 0 amide bonds. The van der Waals surface area contributed by atoms with Crippen LogP contribution in [0.1, 0.15) is 70.9 Å². The average Bonchev–Trinajstić information content (AvgIpc) is 2.64. The number of hydrogen-bond acceptors (Lipinski definition) is 2. The maximum absolute atomic E-state index is 2.59. The van der Waals surface area contributed by atoms with Crippen molar-refractivity contribution >= 4 is 0 Å². The maximum atomic E-state index is 2.59. The lowest BCUT2D eigenvalue weighted by Crippen LogP contribution is -2.31. The number of likely N-dealkylation sites (N-methyl/N-ethyl adjacent to an activating group) is 1. The summed E-state index contributed by atoms with van der Waals surface area (Å²) in [5.74, 6) is 1.63. The zero-order chi connectivity index (χ0) is 20.4. The van der Waals surface area contributed by atoms with E-state index in [4.69, 9.17) is 0 Å². The van der Waals surface area contributed by atoms with Crippen LogP contribution >= 0.6 is 0 Å². The summed E-state index contributed by atoms with van der Waals surface area (Å²) in [6.45, 7) is 13.8. The fraction of sp³-hybridized carbons (Fsp3) is 0.692. The van der Waals surface area contributed by atoms with Crippen LogP contribution in [-0.4, -0.2) is 43.0 Å². The average molecular weight is 385 g/mol. The van der Waals surface area contributed by atoms with E-state index in [1.54, 1.807) is 5.57 Å². The largest absolute Gasteiger partial charge is 0.376 e. The Bertz CT molecular complexity index is 588. The van der Waals surface area contributed by atoms with E-state index in [1.807, 2.05) is 0 Å². The molecule has 1 atom stereocenters. The van der Waals surface area contributed by atoms with Crippen LogP contribution in [0.2, 0.25) is 0 Å². The van der Waals surface area contributed by atoms with Crippen molar-refractivity contribution < 1.29 is 0 Å². The topological polar surface area (TPSA) is 6.48 Å². The summed E-state index contributed by atoms with van der Waals surface area (Å²) in [7, 11) is 2.23. The van der Waals surface area contributed by atoms with Crippen LogP contribution < -0.4 is 0 Å². The molecule has 0 radical (unpaired) electrons. The minimum atomic E-state index is 0.779. The molecule has 0 bridgehead atoms. The van der Waals surface area contributed by atoms with Crippen LogP contribution in [0.3, 0.4) is 0 Å². The Morgan fingerprint density at radius 1 is 1.14 bits per heavy atom. The minimum Gasteiger partial charge on any atom is -0.376 e. The Labute approximate surface area is 175 Å². The van der Waals surface area contributed by atoms with Crippen molar-refractivity contribution in [1.29, 1.82) is 0 Å². The summed E-state index contributed by atoms with van der Waals surface area (Å²) in [5.41, 5.74) is 4.61. The number of aryl methyl sites for hydroxylation is 1. The van der Waals surface area contributed by atoms with Gasteiger partial charge in [0.1, 0.15) is 0 Å². The molecule has 0 N–H and O–H groups in total. The monoisotopic (exact) mass is 384 g/mol. The second-order valence-corrected chi connectivity index (χ2v) is 9.07. The first kappa shape index (κ1) is 23.0. The molecule has 1 unspecified atom stereocenters. The highest BCUT2D eigenvalue weighted by atomic mass is 15.2. The van der Waals surface area contributed by atoms with Crippen LogP contribution in [0, 0.1) is 11.8 Å². The highest BCUT2D eigenvalue weighted by molar-refractivity contribution is 5.24. The molecule has 1 aromatic carbocycles. The second-order valence-electron chi connectivity index (χ2n) is 9.07. The van der Waals surface area contributed by atoms with Crippen molar-refractivity contribution in [2.45, 2.75) is 72.6 Å². The van der Waals surface area contributed by atoms with Gasteiger partial charge in [-0.1, -0.05) is 63.5 Å². The van der Waals surface area contributed by atoms with Gasteiger partial charge in [-0.2, -0.15) is 0 Å². The Balaban J connectivity index is 1.88. The SMILES string of the molecule is CCC(C)Cc1cccc(CCCN(/C=C(\C)C2CCC2)CCN(C)CC)c1. The third-order valence-electron chi connectivity index (χ3n) is 6.63. The molecule has 1 aromatic rings. The van der Waals surface area contributed by atoms with Gasteiger partial charge in [0.25, 0.3) is 0 Å². The van der Waals surface area contributed by atoms with Gasteiger partial charge >= 0.3 is 0 Å². The first-order chi connectivity index (χ1) is 13.5. The van der Waals surface area contributed by atoms with Gasteiger partial charge in [0.15, 0.2) is 0 Å². The quantitative estimate of drug-likeness (QED) is 0.401. The van der Waals surface area contributed by atoms with Crippen molar-refractivity contribution in [2.75, 3.05) is 33.2 Å². The standard InChI is InChI=1S/C26H44N2/c1-6-22(3)19-25-12-8-11-24(20-25)13-10-16-28(18-17-27(5)7-2)21-23(4)26-14-9-15-26/h8,11-12,20-22,26H,6-7,9-10,13-19H2,1-5H3/b23-21+. The first-order valence-corrected chi connectivity index (χ1v) is 11.7. The molecule has 0 aliphatic heterocycles. The van der Waals surface area contributed by atoms with Gasteiger partial charge in [-0.05, 0) is 81.8 Å². The van der Waals surface area contributed by atoms with Crippen LogP contribution in [-0.2, 0) is 12.8 Å². The van der Waals surface area contributed by atoms with Crippen molar-refractivity contribution in [3.05, 3.63) is 47.2 Å². The van der Waals surface area contributed by atoms with Gasteiger partial charge in [0.05, 0.1) is 0 Å². The maximum Gasteiger partial charge on any atom is 0.0300 e. The summed E-state index contributed by atoms with van der Waals surface area (Å²) in [6.07, 6.45) is 11.6. The van der Waals surface area contributed by atoms with E-state index in [9.17, 15) is 0 Å². The number of rotatable bonds is 13. The Kier molecular flexibility index (Phi) is 10.1.